The molecule has 1 aliphatic heterocycles. The third-order valence-corrected chi connectivity index (χ3v) is 4.38. The maximum Gasteiger partial charge on any atom is 0.123 e. The molecule has 0 radical (unpaired) electrons. The smallest absolute Gasteiger partial charge is 0.123 e. The summed E-state index contributed by atoms with van der Waals surface area (Å²) in [6, 6.07) is 15.5. The second kappa shape index (κ2) is 7.12. The van der Waals surface area contributed by atoms with E-state index >= 15 is 0 Å². The fraction of sp³-hybridized carbons (Fsp3) is 0.333. The van der Waals surface area contributed by atoms with Crippen LogP contribution in [0.2, 0.25) is 0 Å². The highest BCUT2D eigenvalue weighted by Crippen LogP contribution is 2.32. The molecule has 1 saturated heterocycles. The van der Waals surface area contributed by atoms with Gasteiger partial charge in [0.2, 0.25) is 0 Å². The molecule has 0 saturated carbocycles. The highest BCUT2D eigenvalue weighted by Gasteiger charge is 2.29. The van der Waals surface area contributed by atoms with Gasteiger partial charge in [-0.1, -0.05) is 24.3 Å². The van der Waals surface area contributed by atoms with Gasteiger partial charge in [-0.2, -0.15) is 0 Å². The van der Waals surface area contributed by atoms with E-state index in [9.17, 15) is 4.39 Å². The monoisotopic (exact) mass is 320 g/mol. The second-order valence-electron chi connectivity index (χ2n) is 6.01. The van der Waals surface area contributed by atoms with Gasteiger partial charge in [0.25, 0.3) is 0 Å². The van der Waals surface area contributed by atoms with Crippen molar-refractivity contribution in [3.63, 3.8) is 0 Å². The first-order chi connectivity index (χ1) is 10.1. The number of nitrogens with two attached hydrogens (primary N) is 1. The van der Waals surface area contributed by atoms with E-state index < -0.39 is 0 Å². The first-order valence-corrected chi connectivity index (χ1v) is 7.46. The predicted molar refractivity (Wildman–Crippen MR) is 91.7 cm³/mol. The van der Waals surface area contributed by atoms with Crippen LogP contribution in [0.5, 0.6) is 0 Å². The highest BCUT2D eigenvalue weighted by molar-refractivity contribution is 5.85. The first-order valence-electron chi connectivity index (χ1n) is 7.46. The van der Waals surface area contributed by atoms with Crippen LogP contribution in [-0.2, 0) is 6.54 Å². The minimum Gasteiger partial charge on any atom is -0.399 e. The molecule has 2 nitrogen and oxygen atoms in total. The molecule has 4 heteroatoms. The number of halogens is 2. The summed E-state index contributed by atoms with van der Waals surface area (Å²) in [5, 5.41) is 0. The number of hydrogen-bond donors (Lipinski definition) is 1. The van der Waals surface area contributed by atoms with Crippen LogP contribution in [-0.4, -0.2) is 17.5 Å². The molecule has 2 unspecified atom stereocenters. The molecule has 0 aliphatic carbocycles. The summed E-state index contributed by atoms with van der Waals surface area (Å²) < 4.78 is 13.0. The zero-order valence-corrected chi connectivity index (χ0v) is 13.5. The van der Waals surface area contributed by atoms with E-state index in [1.54, 1.807) is 12.1 Å². The number of anilines is 1. The number of benzene rings is 2. The molecule has 2 atom stereocenters. The summed E-state index contributed by atoms with van der Waals surface area (Å²) in [6.45, 7) is 4.20. The Morgan fingerprint density at radius 2 is 1.91 bits per heavy atom. The van der Waals surface area contributed by atoms with E-state index in [-0.39, 0.29) is 18.2 Å². The standard InChI is InChI=1S/C18H21FN2.ClH/c1-13-9-16(15-5-7-17(19)8-6-15)12-21(13)11-14-3-2-4-18(20)10-14;/h2-8,10,13,16H,9,11-12,20H2,1H3;1H. The number of likely N-dealkylation sites (tertiary alicyclic amines) is 1. The van der Waals surface area contributed by atoms with Crippen LogP contribution >= 0.6 is 12.4 Å². The Morgan fingerprint density at radius 1 is 1.18 bits per heavy atom. The van der Waals surface area contributed by atoms with E-state index in [0.717, 1.165) is 25.2 Å². The molecule has 118 valence electrons. The average molecular weight is 321 g/mol. The van der Waals surface area contributed by atoms with Gasteiger partial charge in [-0.15, -0.1) is 12.4 Å². The first kappa shape index (κ1) is 16.8. The lowest BCUT2D eigenvalue weighted by atomic mass is 9.97. The van der Waals surface area contributed by atoms with Crippen molar-refractivity contribution in [2.75, 3.05) is 12.3 Å². The molecule has 1 aliphatic rings. The fourth-order valence-corrected chi connectivity index (χ4v) is 3.22. The summed E-state index contributed by atoms with van der Waals surface area (Å²) in [5.41, 5.74) is 9.15. The van der Waals surface area contributed by atoms with Gasteiger partial charge >= 0.3 is 0 Å². The van der Waals surface area contributed by atoms with Crippen molar-refractivity contribution in [1.29, 1.82) is 0 Å². The van der Waals surface area contributed by atoms with Crippen LogP contribution in [0.1, 0.15) is 30.4 Å². The number of nitrogen functional groups attached to an aromatic ring is 1. The van der Waals surface area contributed by atoms with E-state index in [4.69, 9.17) is 5.73 Å². The minimum absolute atomic E-state index is 0. The molecule has 1 fully saturated rings. The van der Waals surface area contributed by atoms with Crippen molar-refractivity contribution in [2.24, 2.45) is 0 Å². The maximum absolute atomic E-state index is 13.0. The molecule has 2 aromatic rings. The molecule has 2 N–H and O–H groups in total. The molecule has 0 bridgehead atoms. The fourth-order valence-electron chi connectivity index (χ4n) is 3.22. The quantitative estimate of drug-likeness (QED) is 0.858. The van der Waals surface area contributed by atoms with Crippen molar-refractivity contribution in [3.05, 3.63) is 65.5 Å². The normalized spacial score (nSPS) is 21.5. The van der Waals surface area contributed by atoms with Crippen LogP contribution in [0.4, 0.5) is 10.1 Å². The third-order valence-electron chi connectivity index (χ3n) is 4.38. The molecular formula is C18H22ClFN2. The molecule has 2 aromatic carbocycles. The lowest BCUT2D eigenvalue weighted by Gasteiger charge is -2.21. The lowest BCUT2D eigenvalue weighted by Crippen LogP contribution is -2.26. The molecular weight excluding hydrogens is 299 g/mol. The molecule has 0 amide bonds. The number of rotatable bonds is 3. The SMILES string of the molecule is CC1CC(c2ccc(F)cc2)CN1Cc1cccc(N)c1.Cl. The Morgan fingerprint density at radius 3 is 2.59 bits per heavy atom. The minimum atomic E-state index is -0.165. The highest BCUT2D eigenvalue weighted by atomic mass is 35.5. The van der Waals surface area contributed by atoms with Gasteiger partial charge in [-0.25, -0.2) is 4.39 Å². The zero-order chi connectivity index (χ0) is 14.8. The van der Waals surface area contributed by atoms with Gasteiger partial charge in [0, 0.05) is 24.8 Å². The Kier molecular flexibility index (Phi) is 5.43. The second-order valence-corrected chi connectivity index (χ2v) is 6.01. The molecule has 1 heterocycles. The van der Waals surface area contributed by atoms with Gasteiger partial charge in [-0.05, 0) is 54.7 Å². The van der Waals surface area contributed by atoms with Crippen molar-refractivity contribution in [1.82, 2.24) is 4.90 Å². The topological polar surface area (TPSA) is 29.3 Å². The third kappa shape index (κ3) is 3.79. The Bertz CT molecular complexity index is 615. The summed E-state index contributed by atoms with van der Waals surface area (Å²) >= 11 is 0. The van der Waals surface area contributed by atoms with Gasteiger partial charge in [0.05, 0.1) is 0 Å². The van der Waals surface area contributed by atoms with Gasteiger partial charge < -0.3 is 5.73 Å². The Hall–Kier alpha value is -1.58. The Labute approximate surface area is 137 Å². The molecule has 0 spiro atoms. The van der Waals surface area contributed by atoms with E-state index in [2.05, 4.69) is 17.9 Å². The van der Waals surface area contributed by atoms with Crippen molar-refractivity contribution in [3.8, 4) is 0 Å². The summed E-state index contributed by atoms with van der Waals surface area (Å²) in [5.74, 6) is 0.322. The van der Waals surface area contributed by atoms with E-state index in [0.29, 0.717) is 12.0 Å². The van der Waals surface area contributed by atoms with Gasteiger partial charge in [0.15, 0.2) is 0 Å². The lowest BCUT2D eigenvalue weighted by molar-refractivity contribution is 0.259. The largest absolute Gasteiger partial charge is 0.399 e. The van der Waals surface area contributed by atoms with Crippen LogP contribution in [0.15, 0.2) is 48.5 Å². The van der Waals surface area contributed by atoms with Gasteiger partial charge in [0.1, 0.15) is 5.82 Å². The van der Waals surface area contributed by atoms with Crippen molar-refractivity contribution >= 4 is 18.1 Å². The zero-order valence-electron chi connectivity index (χ0n) is 12.7. The molecule has 3 rings (SSSR count). The van der Waals surface area contributed by atoms with Crippen molar-refractivity contribution < 1.29 is 4.39 Å². The summed E-state index contributed by atoms with van der Waals surface area (Å²) in [7, 11) is 0. The van der Waals surface area contributed by atoms with Crippen molar-refractivity contribution in [2.45, 2.75) is 31.8 Å². The summed E-state index contributed by atoms with van der Waals surface area (Å²) in [4.78, 5) is 2.47. The van der Waals surface area contributed by atoms with Crippen LogP contribution in [0.25, 0.3) is 0 Å². The molecule has 0 aromatic heterocycles. The van der Waals surface area contributed by atoms with E-state index in [1.165, 1.54) is 11.1 Å². The summed E-state index contributed by atoms with van der Waals surface area (Å²) in [6.07, 6.45) is 1.12. The Balaban J connectivity index is 0.00000176. The predicted octanol–water partition coefficient (Wildman–Crippen LogP) is 4.21. The van der Waals surface area contributed by atoms with Gasteiger partial charge in [-0.3, -0.25) is 4.90 Å². The van der Waals surface area contributed by atoms with E-state index in [1.807, 2.05) is 30.3 Å². The number of nitrogens with zero attached hydrogens (tertiary/aromatic N) is 1. The van der Waals surface area contributed by atoms with Crippen LogP contribution in [0.3, 0.4) is 0 Å². The number of hydrogen-bond acceptors (Lipinski definition) is 2. The molecule has 22 heavy (non-hydrogen) atoms. The van der Waals surface area contributed by atoms with Crippen LogP contribution < -0.4 is 5.73 Å². The maximum atomic E-state index is 13.0. The van der Waals surface area contributed by atoms with Crippen LogP contribution in [0, 0.1) is 5.82 Å². The average Bonchev–Trinajstić information content (AvgIpc) is 2.81.